The summed E-state index contributed by atoms with van der Waals surface area (Å²) >= 11 is -2.02. The first kappa shape index (κ1) is 23.5. The van der Waals surface area contributed by atoms with Gasteiger partial charge in [-0.3, -0.25) is 0 Å². The molecular weight excluding hydrogens is 386 g/mol. The van der Waals surface area contributed by atoms with Gasteiger partial charge in [0.05, 0.1) is 0 Å². The SMILES string of the molecule is CCCCCC/[C](=C/B(N(CC)CC)N(CC)CC)[Sn]([CH3])([CH3])[CH3]. The molecule has 23 heavy (non-hydrogen) atoms. The second-order valence-corrected chi connectivity index (χ2v) is 22.3. The molecule has 0 radical (unpaired) electrons. The number of hydrogen-bond acceptors (Lipinski definition) is 2. The van der Waals surface area contributed by atoms with Crippen molar-refractivity contribution in [2.75, 3.05) is 26.2 Å². The van der Waals surface area contributed by atoms with E-state index < -0.39 is 18.4 Å². The third kappa shape index (κ3) is 8.97. The van der Waals surface area contributed by atoms with Crippen LogP contribution >= 0.6 is 0 Å². The fraction of sp³-hybridized carbons (Fsp3) is 0.895. The van der Waals surface area contributed by atoms with E-state index in [0.717, 1.165) is 26.2 Å². The van der Waals surface area contributed by atoms with Crippen molar-refractivity contribution in [3.8, 4) is 0 Å². The third-order valence-corrected chi connectivity index (χ3v) is 11.7. The molecule has 4 heteroatoms. The molecule has 136 valence electrons. The van der Waals surface area contributed by atoms with Gasteiger partial charge in [-0.1, -0.05) is 0 Å². The second-order valence-electron chi connectivity index (χ2n) is 7.61. The number of hydrogen-bond donors (Lipinski definition) is 0. The third-order valence-electron chi connectivity index (χ3n) is 4.99. The standard InChI is InChI=1S/C16H34BN2.3CH3.Sn/c1-6-11-12-13-14-15-16-17(18(7-2)8-3)19(9-4)10-5;;;;/h16H,6-14H2,1-5H3;3*1H3;. The van der Waals surface area contributed by atoms with Crippen LogP contribution in [0.25, 0.3) is 0 Å². The molecule has 0 aliphatic heterocycles. The Morgan fingerprint density at radius 3 is 1.61 bits per heavy atom. The Labute approximate surface area is 152 Å². The molecule has 0 rings (SSSR count). The van der Waals surface area contributed by atoms with E-state index in [9.17, 15) is 0 Å². The zero-order valence-electron chi connectivity index (χ0n) is 17.4. The summed E-state index contributed by atoms with van der Waals surface area (Å²) in [6, 6.07) is 0. The Kier molecular flexibility index (Phi) is 13.1. The van der Waals surface area contributed by atoms with Crippen LogP contribution in [0.4, 0.5) is 0 Å². The fourth-order valence-corrected chi connectivity index (χ4v) is 7.77. The fourth-order valence-electron chi connectivity index (χ4n) is 3.27. The number of nitrogens with zero attached hydrogens (tertiary/aromatic N) is 2. The Bertz CT molecular complexity index is 306. The van der Waals surface area contributed by atoms with Crippen molar-refractivity contribution < 1.29 is 0 Å². The molecule has 0 aromatic heterocycles. The van der Waals surface area contributed by atoms with Gasteiger partial charge >= 0.3 is 152 Å². The van der Waals surface area contributed by atoms with E-state index in [1.54, 1.807) is 0 Å². The van der Waals surface area contributed by atoms with Crippen LogP contribution in [0, 0.1) is 0 Å². The molecule has 0 amide bonds. The van der Waals surface area contributed by atoms with E-state index in [-0.39, 0.29) is 0 Å². The van der Waals surface area contributed by atoms with Gasteiger partial charge in [-0.15, -0.1) is 0 Å². The van der Waals surface area contributed by atoms with E-state index >= 15 is 0 Å². The van der Waals surface area contributed by atoms with E-state index in [1.165, 1.54) is 32.1 Å². The summed E-state index contributed by atoms with van der Waals surface area (Å²) in [5.74, 6) is 2.68. The van der Waals surface area contributed by atoms with Gasteiger partial charge < -0.3 is 0 Å². The molecule has 0 heterocycles. The van der Waals surface area contributed by atoms with Gasteiger partial charge in [0, 0.05) is 0 Å². The van der Waals surface area contributed by atoms with Gasteiger partial charge in [-0.2, -0.15) is 0 Å². The Balaban J connectivity index is 5.35. The molecule has 0 aromatic carbocycles. The molecule has 0 N–H and O–H groups in total. The van der Waals surface area contributed by atoms with E-state index in [4.69, 9.17) is 0 Å². The zero-order valence-corrected chi connectivity index (χ0v) is 20.3. The molecule has 0 unspecified atom stereocenters. The summed E-state index contributed by atoms with van der Waals surface area (Å²) in [5.41, 5.74) is 0. The summed E-state index contributed by atoms with van der Waals surface area (Å²) in [5, 5.41) is 0. The average Bonchev–Trinajstić information content (AvgIpc) is 2.50. The Morgan fingerprint density at radius 2 is 1.26 bits per heavy atom. The van der Waals surface area contributed by atoms with Gasteiger partial charge in [-0.05, 0) is 0 Å². The van der Waals surface area contributed by atoms with Gasteiger partial charge in [0.15, 0.2) is 0 Å². The molecule has 0 fully saturated rings. The summed E-state index contributed by atoms with van der Waals surface area (Å²) in [6.07, 6.45) is 6.86. The monoisotopic (exact) mass is 430 g/mol. The average molecular weight is 429 g/mol. The second kappa shape index (κ2) is 12.8. The quantitative estimate of drug-likeness (QED) is 0.283. The van der Waals surface area contributed by atoms with Crippen LogP contribution in [0.1, 0.15) is 66.7 Å². The predicted molar refractivity (Wildman–Crippen MR) is 112 cm³/mol. The van der Waals surface area contributed by atoms with Crippen LogP contribution < -0.4 is 0 Å². The van der Waals surface area contributed by atoms with Gasteiger partial charge in [0.1, 0.15) is 0 Å². The van der Waals surface area contributed by atoms with Crippen LogP contribution in [-0.4, -0.2) is 61.2 Å². The maximum absolute atomic E-state index is 2.68. The molecule has 0 aromatic rings. The van der Waals surface area contributed by atoms with Crippen LogP contribution in [0.15, 0.2) is 9.56 Å². The molecule has 0 saturated carbocycles. The first-order valence-electron chi connectivity index (χ1n) is 10.0. The van der Waals surface area contributed by atoms with E-state index in [1.807, 2.05) is 3.59 Å². The van der Waals surface area contributed by atoms with Crippen molar-refractivity contribution in [2.24, 2.45) is 0 Å². The Hall–Kier alpha value is 0.524. The van der Waals surface area contributed by atoms with Crippen molar-refractivity contribution in [3.63, 3.8) is 0 Å². The summed E-state index contributed by atoms with van der Waals surface area (Å²) in [4.78, 5) is 13.0. The van der Waals surface area contributed by atoms with Gasteiger partial charge in [-0.25, -0.2) is 0 Å². The van der Waals surface area contributed by atoms with Gasteiger partial charge in [0.2, 0.25) is 0 Å². The van der Waals surface area contributed by atoms with Crippen LogP contribution in [0.5, 0.6) is 0 Å². The molecule has 0 atom stereocenters. The molecule has 0 aliphatic rings. The topological polar surface area (TPSA) is 6.48 Å². The van der Waals surface area contributed by atoms with Crippen molar-refractivity contribution in [3.05, 3.63) is 9.56 Å². The number of rotatable bonds is 13. The maximum atomic E-state index is 2.68. The van der Waals surface area contributed by atoms with Crippen LogP contribution in [-0.2, 0) is 0 Å². The summed E-state index contributed by atoms with van der Waals surface area (Å²) < 4.78 is 1.85. The normalized spacial score (nSPS) is 13.2. The Morgan fingerprint density at radius 1 is 0.783 bits per heavy atom. The molecule has 0 saturated heterocycles. The van der Waals surface area contributed by atoms with Crippen LogP contribution in [0.3, 0.4) is 0 Å². The molecule has 2 nitrogen and oxygen atoms in total. The van der Waals surface area contributed by atoms with Crippen molar-refractivity contribution >= 4 is 25.4 Å². The first-order chi connectivity index (χ1) is 10.8. The first-order valence-corrected chi connectivity index (χ1v) is 20.0. The van der Waals surface area contributed by atoms with Crippen LogP contribution in [0.2, 0.25) is 14.8 Å². The summed E-state index contributed by atoms with van der Waals surface area (Å²) in [7, 11) is 0. The van der Waals surface area contributed by atoms with Crippen molar-refractivity contribution in [2.45, 2.75) is 81.5 Å². The van der Waals surface area contributed by atoms with Crippen molar-refractivity contribution in [1.82, 2.24) is 9.62 Å². The zero-order chi connectivity index (χ0) is 17.9. The number of unbranched alkanes of at least 4 members (excludes halogenated alkanes) is 3. The predicted octanol–water partition coefficient (Wildman–Crippen LogP) is 5.47. The molecule has 0 spiro atoms. The summed E-state index contributed by atoms with van der Waals surface area (Å²) in [6.45, 7) is 16.5. The molecule has 0 aliphatic carbocycles. The van der Waals surface area contributed by atoms with E-state index in [0.29, 0.717) is 6.98 Å². The van der Waals surface area contributed by atoms with E-state index in [2.05, 4.69) is 65.0 Å². The van der Waals surface area contributed by atoms with Gasteiger partial charge in [0.25, 0.3) is 0 Å². The minimum atomic E-state index is -2.02. The minimum absolute atomic E-state index is 0.497. The number of allylic oxidation sites excluding steroid dienone is 1. The van der Waals surface area contributed by atoms with Crippen molar-refractivity contribution in [1.29, 1.82) is 0 Å². The molecule has 0 bridgehead atoms. The molecular formula is C19H43BN2Sn.